The number of thiophene rings is 1. The molecule has 0 aliphatic carbocycles. The molecule has 0 spiro atoms. The van der Waals surface area contributed by atoms with Crippen LogP contribution in [0.15, 0.2) is 29.6 Å². The van der Waals surface area contributed by atoms with Gasteiger partial charge in [0, 0.05) is 21.0 Å². The number of hydrogen-bond acceptors (Lipinski definition) is 3. The number of fused-ring (bicyclic) bond motifs is 1. The first-order valence-electron chi connectivity index (χ1n) is 4.83. The highest BCUT2D eigenvalue weighted by Crippen LogP contribution is 2.24. The van der Waals surface area contributed by atoms with Gasteiger partial charge in [-0.15, -0.1) is 11.3 Å². The molecule has 0 N–H and O–H groups in total. The van der Waals surface area contributed by atoms with Crippen LogP contribution in [0.1, 0.15) is 12.0 Å². The van der Waals surface area contributed by atoms with Crippen molar-refractivity contribution in [2.45, 2.75) is 6.42 Å². The SMILES string of the molecule is COC(=O)CC#Cc1csc2ccccc12. The summed E-state index contributed by atoms with van der Waals surface area (Å²) in [5, 5.41) is 3.15. The second-order valence-corrected chi connectivity index (χ2v) is 4.11. The molecular formula is C13H10O2S. The third-order valence-electron chi connectivity index (χ3n) is 2.16. The lowest BCUT2D eigenvalue weighted by molar-refractivity contribution is -0.139. The van der Waals surface area contributed by atoms with Crippen LogP contribution < -0.4 is 0 Å². The van der Waals surface area contributed by atoms with Crippen molar-refractivity contribution in [3.05, 3.63) is 35.2 Å². The molecule has 0 aliphatic heterocycles. The molecule has 16 heavy (non-hydrogen) atoms. The highest BCUT2D eigenvalue weighted by molar-refractivity contribution is 7.17. The van der Waals surface area contributed by atoms with Gasteiger partial charge in [0.2, 0.25) is 0 Å². The fraction of sp³-hybridized carbons (Fsp3) is 0.154. The number of carbonyl (C=O) groups is 1. The standard InChI is InChI=1S/C13H10O2S/c1-15-13(14)8-4-5-10-9-16-12-7-3-2-6-11(10)12/h2-3,6-7,9H,8H2,1H3. The summed E-state index contributed by atoms with van der Waals surface area (Å²) < 4.78 is 5.73. The minimum Gasteiger partial charge on any atom is -0.468 e. The van der Waals surface area contributed by atoms with Gasteiger partial charge in [0.05, 0.1) is 7.11 Å². The van der Waals surface area contributed by atoms with E-state index < -0.39 is 0 Å². The maximum absolute atomic E-state index is 10.9. The van der Waals surface area contributed by atoms with Gasteiger partial charge >= 0.3 is 5.97 Å². The van der Waals surface area contributed by atoms with Crippen LogP contribution in [0.5, 0.6) is 0 Å². The summed E-state index contributed by atoms with van der Waals surface area (Å²) in [7, 11) is 1.37. The molecule has 0 amide bonds. The average Bonchev–Trinajstić information content (AvgIpc) is 2.73. The number of carbonyl (C=O) groups excluding carboxylic acids is 1. The Balaban J connectivity index is 2.24. The second kappa shape index (κ2) is 4.82. The van der Waals surface area contributed by atoms with Gasteiger partial charge < -0.3 is 4.74 Å². The largest absolute Gasteiger partial charge is 0.468 e. The Bertz CT molecular complexity index is 572. The number of benzene rings is 1. The van der Waals surface area contributed by atoms with E-state index in [4.69, 9.17) is 0 Å². The van der Waals surface area contributed by atoms with Crippen LogP contribution >= 0.6 is 11.3 Å². The number of methoxy groups -OCH3 is 1. The Morgan fingerprint density at radius 3 is 3.06 bits per heavy atom. The zero-order valence-corrected chi connectivity index (χ0v) is 9.64. The molecule has 80 valence electrons. The fourth-order valence-corrected chi connectivity index (χ4v) is 2.25. The monoisotopic (exact) mass is 230 g/mol. The quantitative estimate of drug-likeness (QED) is 0.556. The van der Waals surface area contributed by atoms with Crippen molar-refractivity contribution in [3.8, 4) is 11.8 Å². The van der Waals surface area contributed by atoms with Crippen molar-refractivity contribution in [2.75, 3.05) is 7.11 Å². The van der Waals surface area contributed by atoms with E-state index in [9.17, 15) is 4.79 Å². The molecule has 0 saturated heterocycles. The molecule has 0 saturated carbocycles. The van der Waals surface area contributed by atoms with E-state index >= 15 is 0 Å². The Kier molecular flexibility index (Phi) is 3.23. The smallest absolute Gasteiger partial charge is 0.317 e. The van der Waals surface area contributed by atoms with Crippen molar-refractivity contribution in [3.63, 3.8) is 0 Å². The zero-order chi connectivity index (χ0) is 11.4. The van der Waals surface area contributed by atoms with E-state index in [2.05, 4.69) is 22.6 Å². The normalized spacial score (nSPS) is 9.56. The molecule has 0 aliphatic rings. The molecule has 3 heteroatoms. The second-order valence-electron chi connectivity index (χ2n) is 3.20. The highest BCUT2D eigenvalue weighted by atomic mass is 32.1. The van der Waals surface area contributed by atoms with Crippen LogP contribution in [0, 0.1) is 11.8 Å². The number of rotatable bonds is 1. The first-order valence-corrected chi connectivity index (χ1v) is 5.71. The lowest BCUT2D eigenvalue weighted by Crippen LogP contribution is -1.96. The molecule has 2 aromatic rings. The maximum atomic E-state index is 10.9. The van der Waals surface area contributed by atoms with Crippen molar-refractivity contribution in [2.24, 2.45) is 0 Å². The fourth-order valence-electron chi connectivity index (χ4n) is 1.36. The van der Waals surface area contributed by atoms with Crippen LogP contribution in [0.2, 0.25) is 0 Å². The molecule has 2 nitrogen and oxygen atoms in total. The van der Waals surface area contributed by atoms with Gasteiger partial charge in [-0.05, 0) is 6.07 Å². The van der Waals surface area contributed by atoms with E-state index in [1.807, 2.05) is 23.6 Å². The summed E-state index contributed by atoms with van der Waals surface area (Å²) in [6.07, 6.45) is 0.140. The van der Waals surface area contributed by atoms with Crippen LogP contribution in [-0.2, 0) is 9.53 Å². The predicted molar refractivity (Wildman–Crippen MR) is 65.3 cm³/mol. The van der Waals surface area contributed by atoms with Crippen molar-refractivity contribution in [1.82, 2.24) is 0 Å². The van der Waals surface area contributed by atoms with E-state index in [1.54, 1.807) is 11.3 Å². The van der Waals surface area contributed by atoms with E-state index in [0.29, 0.717) is 0 Å². The van der Waals surface area contributed by atoms with Crippen LogP contribution in [-0.4, -0.2) is 13.1 Å². The third kappa shape index (κ3) is 2.23. The highest BCUT2D eigenvalue weighted by Gasteiger charge is 2.00. The lowest BCUT2D eigenvalue weighted by Gasteiger charge is -1.90. The van der Waals surface area contributed by atoms with Crippen LogP contribution in [0.3, 0.4) is 0 Å². The summed E-state index contributed by atoms with van der Waals surface area (Å²) >= 11 is 1.66. The van der Waals surface area contributed by atoms with Gasteiger partial charge in [-0.2, -0.15) is 0 Å². The van der Waals surface area contributed by atoms with Gasteiger partial charge in [-0.25, -0.2) is 0 Å². The molecular weight excluding hydrogens is 220 g/mol. The van der Waals surface area contributed by atoms with Gasteiger partial charge in [0.15, 0.2) is 0 Å². The predicted octanol–water partition coefficient (Wildman–Crippen LogP) is 2.82. The summed E-state index contributed by atoms with van der Waals surface area (Å²) in [6.45, 7) is 0. The molecule has 1 heterocycles. The van der Waals surface area contributed by atoms with Crippen LogP contribution in [0.4, 0.5) is 0 Å². The molecule has 1 aromatic heterocycles. The zero-order valence-electron chi connectivity index (χ0n) is 8.82. The Labute approximate surface area is 97.9 Å². The summed E-state index contributed by atoms with van der Waals surface area (Å²) in [5.41, 5.74) is 0.976. The van der Waals surface area contributed by atoms with Gasteiger partial charge in [0.1, 0.15) is 6.42 Å². The number of esters is 1. The molecule has 2 rings (SSSR count). The number of hydrogen-bond donors (Lipinski definition) is 0. The molecule has 1 aromatic carbocycles. The van der Waals surface area contributed by atoms with Crippen molar-refractivity contribution >= 4 is 27.4 Å². The summed E-state index contributed by atoms with van der Waals surface area (Å²) in [4.78, 5) is 10.9. The van der Waals surface area contributed by atoms with Crippen LogP contribution in [0.25, 0.3) is 10.1 Å². The first-order chi connectivity index (χ1) is 7.81. The van der Waals surface area contributed by atoms with Gasteiger partial charge in [-0.3, -0.25) is 4.79 Å². The summed E-state index contributed by atoms with van der Waals surface area (Å²) in [6, 6.07) is 8.09. The lowest BCUT2D eigenvalue weighted by atomic mass is 10.2. The number of ether oxygens (including phenoxy) is 1. The minimum atomic E-state index is -0.299. The van der Waals surface area contributed by atoms with E-state index in [-0.39, 0.29) is 12.4 Å². The molecule has 0 fully saturated rings. The Morgan fingerprint density at radius 1 is 1.44 bits per heavy atom. The van der Waals surface area contributed by atoms with Crippen molar-refractivity contribution < 1.29 is 9.53 Å². The van der Waals surface area contributed by atoms with Gasteiger partial charge in [-0.1, -0.05) is 30.0 Å². The third-order valence-corrected chi connectivity index (χ3v) is 3.13. The molecule has 0 atom stereocenters. The Hall–Kier alpha value is -1.79. The minimum absolute atomic E-state index is 0.140. The molecule has 0 bridgehead atoms. The van der Waals surface area contributed by atoms with Crippen molar-refractivity contribution in [1.29, 1.82) is 0 Å². The first kappa shape index (κ1) is 10.7. The van der Waals surface area contributed by atoms with E-state index in [0.717, 1.165) is 10.9 Å². The maximum Gasteiger partial charge on any atom is 0.317 e. The Morgan fingerprint density at radius 2 is 2.25 bits per heavy atom. The average molecular weight is 230 g/mol. The van der Waals surface area contributed by atoms with Gasteiger partial charge in [0.25, 0.3) is 0 Å². The topological polar surface area (TPSA) is 26.3 Å². The molecule has 0 radical (unpaired) electrons. The summed E-state index contributed by atoms with van der Waals surface area (Å²) in [5.74, 6) is 5.51. The molecule has 0 unspecified atom stereocenters. The van der Waals surface area contributed by atoms with E-state index in [1.165, 1.54) is 11.8 Å².